The lowest BCUT2D eigenvalue weighted by Gasteiger charge is -2.28. The van der Waals surface area contributed by atoms with Crippen LogP contribution in [-0.4, -0.2) is 30.5 Å². The van der Waals surface area contributed by atoms with Gasteiger partial charge in [0.15, 0.2) is 11.5 Å². The van der Waals surface area contributed by atoms with E-state index in [9.17, 15) is 0 Å². The Morgan fingerprint density at radius 1 is 1.29 bits per heavy atom. The van der Waals surface area contributed by atoms with E-state index < -0.39 is 0 Å². The molecule has 1 unspecified atom stereocenters. The van der Waals surface area contributed by atoms with Crippen molar-refractivity contribution in [2.45, 2.75) is 25.9 Å². The Morgan fingerprint density at radius 2 is 2.05 bits per heavy atom. The number of fused-ring (bicyclic) bond motifs is 1. The molecule has 0 saturated carbocycles. The molecule has 0 amide bonds. The summed E-state index contributed by atoms with van der Waals surface area (Å²) in [6.45, 7) is 3.92. The molecule has 0 aliphatic carbocycles. The summed E-state index contributed by atoms with van der Waals surface area (Å²) in [6.07, 6.45) is 2.85. The van der Waals surface area contributed by atoms with E-state index in [1.54, 1.807) is 14.2 Å². The molecule has 0 bridgehead atoms. The predicted molar refractivity (Wildman–Crippen MR) is 81.0 cm³/mol. The molecule has 1 aromatic carbocycles. The first kappa shape index (κ1) is 13.9. The number of nitrogens with one attached hydrogen (secondary N) is 1. The summed E-state index contributed by atoms with van der Waals surface area (Å²) in [5.74, 6) is 1.56. The maximum Gasteiger partial charge on any atom is 0.161 e. The van der Waals surface area contributed by atoms with Crippen molar-refractivity contribution in [1.29, 1.82) is 0 Å². The summed E-state index contributed by atoms with van der Waals surface area (Å²) in [5, 5.41) is 7.96. The normalized spacial score (nSPS) is 17.4. The zero-order valence-corrected chi connectivity index (χ0v) is 12.7. The summed E-state index contributed by atoms with van der Waals surface area (Å²) < 4.78 is 12.9. The van der Waals surface area contributed by atoms with Crippen molar-refractivity contribution in [1.82, 2.24) is 15.1 Å². The molecule has 21 heavy (non-hydrogen) atoms. The van der Waals surface area contributed by atoms with E-state index in [0.717, 1.165) is 31.0 Å². The second-order valence-corrected chi connectivity index (χ2v) is 5.11. The van der Waals surface area contributed by atoms with E-state index in [1.165, 1.54) is 16.8 Å². The lowest BCUT2D eigenvalue weighted by molar-refractivity contribution is 0.352. The molecule has 1 atom stereocenters. The second-order valence-electron chi connectivity index (χ2n) is 5.11. The molecule has 1 aliphatic rings. The minimum Gasteiger partial charge on any atom is -0.493 e. The Labute approximate surface area is 124 Å². The quantitative estimate of drug-likeness (QED) is 0.936. The summed E-state index contributed by atoms with van der Waals surface area (Å²) in [4.78, 5) is 0. The maximum absolute atomic E-state index is 5.45. The van der Waals surface area contributed by atoms with Gasteiger partial charge in [0.2, 0.25) is 0 Å². The van der Waals surface area contributed by atoms with E-state index in [1.807, 2.05) is 10.9 Å². The summed E-state index contributed by atoms with van der Waals surface area (Å²) in [7, 11) is 3.35. The summed E-state index contributed by atoms with van der Waals surface area (Å²) in [5.41, 5.74) is 3.74. The highest BCUT2D eigenvalue weighted by Gasteiger charge is 2.25. The topological polar surface area (TPSA) is 48.3 Å². The lowest BCUT2D eigenvalue weighted by atomic mass is 9.91. The molecule has 0 spiro atoms. The molecule has 1 N–H and O–H groups in total. The van der Waals surface area contributed by atoms with Gasteiger partial charge in [-0.1, -0.05) is 0 Å². The Kier molecular flexibility index (Phi) is 3.84. The fraction of sp³-hybridized carbons (Fsp3) is 0.438. The second kappa shape index (κ2) is 5.77. The molecule has 0 fully saturated rings. The van der Waals surface area contributed by atoms with Crippen molar-refractivity contribution in [3.8, 4) is 11.5 Å². The highest BCUT2D eigenvalue weighted by Crippen LogP contribution is 2.37. The number of rotatable bonds is 4. The number of hydrogen-bond acceptors (Lipinski definition) is 4. The van der Waals surface area contributed by atoms with E-state index in [0.29, 0.717) is 0 Å². The van der Waals surface area contributed by atoms with Crippen molar-refractivity contribution in [2.24, 2.45) is 0 Å². The van der Waals surface area contributed by atoms with Crippen LogP contribution in [0.25, 0.3) is 0 Å². The van der Waals surface area contributed by atoms with Crippen LogP contribution < -0.4 is 14.8 Å². The van der Waals surface area contributed by atoms with Crippen molar-refractivity contribution < 1.29 is 9.47 Å². The Bertz CT molecular complexity index is 636. The largest absolute Gasteiger partial charge is 0.493 e. The fourth-order valence-electron chi connectivity index (χ4n) is 3.00. The van der Waals surface area contributed by atoms with Gasteiger partial charge in [0.25, 0.3) is 0 Å². The third-order valence-corrected chi connectivity index (χ3v) is 4.04. The van der Waals surface area contributed by atoms with E-state index in [2.05, 4.69) is 35.5 Å². The average Bonchev–Trinajstić information content (AvgIpc) is 3.01. The van der Waals surface area contributed by atoms with Crippen molar-refractivity contribution in [3.63, 3.8) is 0 Å². The molecule has 5 heteroatoms. The van der Waals surface area contributed by atoms with Crippen molar-refractivity contribution in [2.75, 3.05) is 20.8 Å². The number of aryl methyl sites for hydroxylation is 1. The Balaban J connectivity index is 2.09. The molecule has 0 saturated heterocycles. The zero-order valence-electron chi connectivity index (χ0n) is 12.7. The Morgan fingerprint density at radius 3 is 2.76 bits per heavy atom. The molecule has 112 valence electrons. The standard InChI is InChI=1S/C16H21N3O2/c1-4-19-13(6-8-18-19)16-12-10-15(21-3)14(20-2)9-11(12)5-7-17-16/h6,8-10,16-17H,4-5,7H2,1-3H3. The van der Waals surface area contributed by atoms with Crippen LogP contribution in [-0.2, 0) is 13.0 Å². The van der Waals surface area contributed by atoms with Crippen LogP contribution in [0.4, 0.5) is 0 Å². The zero-order chi connectivity index (χ0) is 14.8. The van der Waals surface area contributed by atoms with Gasteiger partial charge in [-0.2, -0.15) is 5.10 Å². The van der Waals surface area contributed by atoms with E-state index in [4.69, 9.17) is 9.47 Å². The SMILES string of the molecule is CCn1nccc1C1NCCc2cc(OC)c(OC)cc21. The van der Waals surface area contributed by atoms with E-state index in [-0.39, 0.29) is 6.04 Å². The van der Waals surface area contributed by atoms with Gasteiger partial charge in [-0.3, -0.25) is 4.68 Å². The van der Waals surface area contributed by atoms with Crippen LogP contribution in [0.15, 0.2) is 24.4 Å². The number of benzene rings is 1. The molecular weight excluding hydrogens is 266 g/mol. The monoisotopic (exact) mass is 287 g/mol. The predicted octanol–water partition coefficient (Wildman–Crippen LogP) is 2.16. The summed E-state index contributed by atoms with van der Waals surface area (Å²) >= 11 is 0. The minimum atomic E-state index is 0.149. The van der Waals surface area contributed by atoms with Crippen LogP contribution in [0, 0.1) is 0 Å². The smallest absolute Gasteiger partial charge is 0.161 e. The van der Waals surface area contributed by atoms with Gasteiger partial charge in [-0.25, -0.2) is 0 Å². The summed E-state index contributed by atoms with van der Waals surface area (Å²) in [6, 6.07) is 6.40. The Hall–Kier alpha value is -2.01. The third-order valence-electron chi connectivity index (χ3n) is 4.04. The molecule has 1 aromatic heterocycles. The van der Waals surface area contributed by atoms with Gasteiger partial charge >= 0.3 is 0 Å². The average molecular weight is 287 g/mol. The van der Waals surface area contributed by atoms with E-state index >= 15 is 0 Å². The number of ether oxygens (including phenoxy) is 2. The van der Waals surface area contributed by atoms with Gasteiger partial charge in [-0.15, -0.1) is 0 Å². The molecule has 0 radical (unpaired) electrons. The van der Waals surface area contributed by atoms with Gasteiger partial charge in [0.1, 0.15) is 0 Å². The van der Waals surface area contributed by atoms with Gasteiger partial charge in [-0.05, 0) is 42.7 Å². The number of nitrogens with zero attached hydrogens (tertiary/aromatic N) is 2. The molecular formula is C16H21N3O2. The first-order valence-electron chi connectivity index (χ1n) is 7.28. The van der Waals surface area contributed by atoms with Crippen LogP contribution in [0.1, 0.15) is 29.8 Å². The maximum atomic E-state index is 5.45. The van der Waals surface area contributed by atoms with Crippen LogP contribution >= 0.6 is 0 Å². The number of aromatic nitrogens is 2. The van der Waals surface area contributed by atoms with Crippen LogP contribution in [0.2, 0.25) is 0 Å². The van der Waals surface area contributed by atoms with Crippen LogP contribution in [0.3, 0.4) is 0 Å². The number of hydrogen-bond donors (Lipinski definition) is 1. The minimum absolute atomic E-state index is 0.149. The third kappa shape index (κ3) is 2.38. The highest BCUT2D eigenvalue weighted by molar-refractivity contribution is 5.51. The van der Waals surface area contributed by atoms with Crippen LogP contribution in [0.5, 0.6) is 11.5 Å². The highest BCUT2D eigenvalue weighted by atomic mass is 16.5. The van der Waals surface area contributed by atoms with Crippen molar-refractivity contribution >= 4 is 0 Å². The molecule has 1 aliphatic heterocycles. The van der Waals surface area contributed by atoms with Gasteiger partial charge in [0.05, 0.1) is 26.0 Å². The van der Waals surface area contributed by atoms with Gasteiger partial charge < -0.3 is 14.8 Å². The van der Waals surface area contributed by atoms with Gasteiger partial charge in [0, 0.05) is 19.3 Å². The number of methoxy groups -OCH3 is 2. The molecule has 5 nitrogen and oxygen atoms in total. The lowest BCUT2D eigenvalue weighted by Crippen LogP contribution is -2.32. The molecule has 2 heterocycles. The first-order valence-corrected chi connectivity index (χ1v) is 7.28. The first-order chi connectivity index (χ1) is 10.3. The van der Waals surface area contributed by atoms with Crippen molar-refractivity contribution in [3.05, 3.63) is 41.2 Å². The fourth-order valence-corrected chi connectivity index (χ4v) is 3.00. The molecule has 2 aromatic rings. The molecule has 3 rings (SSSR count).